The monoisotopic (exact) mass is 442 g/mol. The van der Waals surface area contributed by atoms with Crippen molar-refractivity contribution in [2.45, 2.75) is 52.1 Å². The van der Waals surface area contributed by atoms with Gasteiger partial charge in [0, 0.05) is 36.9 Å². The molecule has 1 aliphatic carbocycles. The molecule has 0 atom stereocenters. The van der Waals surface area contributed by atoms with Gasteiger partial charge in [-0.3, -0.25) is 0 Å². The molecule has 11 heteroatoms. The van der Waals surface area contributed by atoms with Crippen molar-refractivity contribution in [1.29, 1.82) is 0 Å². The summed E-state index contributed by atoms with van der Waals surface area (Å²) in [6.45, 7) is 0. The van der Waals surface area contributed by atoms with E-state index in [0.717, 1.165) is 12.8 Å². The predicted octanol–water partition coefficient (Wildman–Crippen LogP) is 3.59. The van der Waals surface area contributed by atoms with E-state index in [9.17, 15) is 0 Å². The molecule has 0 spiro atoms. The number of rotatable bonds is 6. The first-order chi connectivity index (χ1) is 14.2. The highest BCUT2D eigenvalue weighted by Gasteiger charge is 2.17. The Hall–Kier alpha value is -2.37. The molecule has 148 valence electrons. The van der Waals surface area contributed by atoms with Crippen molar-refractivity contribution in [3.63, 3.8) is 0 Å². The molecule has 4 rings (SSSR count). The van der Waals surface area contributed by atoms with E-state index in [1.807, 2.05) is 6.07 Å². The number of hydrogen-bond acceptors (Lipinski definition) is 9. The van der Waals surface area contributed by atoms with Crippen LogP contribution in [0.25, 0.3) is 0 Å². The Balaban J connectivity index is 1.54. The van der Waals surface area contributed by atoms with Crippen LogP contribution >= 0.6 is 35.7 Å². The van der Waals surface area contributed by atoms with Crippen LogP contribution in [-0.2, 0) is 0 Å². The third-order valence-corrected chi connectivity index (χ3v) is 5.91. The highest BCUT2D eigenvalue weighted by molar-refractivity contribution is 7.99. The molecule has 0 aromatic carbocycles. The standard InChI is InChI=1S/C18H18N8S3/c27-16(23-12-5-1-2-6-12)26-15-24-13(28-17-19-7-3-8-20-17)11-14(25-15)29-18-21-9-4-10-22-18/h3-4,7-12H,1-2,5-6H2,(H2,23,24,25,26,27). The first-order valence-corrected chi connectivity index (χ1v) is 11.1. The summed E-state index contributed by atoms with van der Waals surface area (Å²) in [5, 5.41) is 9.61. The molecule has 0 saturated heterocycles. The Morgan fingerprint density at radius 2 is 1.38 bits per heavy atom. The molecule has 3 aromatic heterocycles. The van der Waals surface area contributed by atoms with Gasteiger partial charge in [0.2, 0.25) is 5.95 Å². The maximum atomic E-state index is 5.45. The van der Waals surface area contributed by atoms with E-state index < -0.39 is 0 Å². The van der Waals surface area contributed by atoms with Gasteiger partial charge in [-0.1, -0.05) is 12.8 Å². The van der Waals surface area contributed by atoms with Gasteiger partial charge in [-0.25, -0.2) is 29.9 Å². The zero-order chi connectivity index (χ0) is 19.9. The van der Waals surface area contributed by atoms with Crippen molar-refractivity contribution in [2.24, 2.45) is 0 Å². The fourth-order valence-electron chi connectivity index (χ4n) is 2.82. The molecule has 2 N–H and O–H groups in total. The second-order valence-corrected chi connectivity index (χ2v) is 8.60. The fourth-order valence-corrected chi connectivity index (χ4v) is 4.59. The van der Waals surface area contributed by atoms with E-state index in [-0.39, 0.29) is 0 Å². The average Bonchev–Trinajstić information content (AvgIpc) is 3.22. The number of aromatic nitrogens is 6. The summed E-state index contributed by atoms with van der Waals surface area (Å²) in [7, 11) is 0. The molecular formula is C18H18N8S3. The molecule has 3 aromatic rings. The van der Waals surface area contributed by atoms with Gasteiger partial charge in [-0.2, -0.15) is 0 Å². The lowest BCUT2D eigenvalue weighted by atomic mass is 10.3. The van der Waals surface area contributed by atoms with Crippen molar-refractivity contribution in [3.8, 4) is 0 Å². The molecule has 1 saturated carbocycles. The van der Waals surface area contributed by atoms with Crippen molar-refractivity contribution in [3.05, 3.63) is 43.0 Å². The zero-order valence-electron chi connectivity index (χ0n) is 15.4. The number of hydrogen-bond donors (Lipinski definition) is 2. The summed E-state index contributed by atoms with van der Waals surface area (Å²) in [5.41, 5.74) is 0. The van der Waals surface area contributed by atoms with Crippen molar-refractivity contribution in [2.75, 3.05) is 5.32 Å². The Labute approximate surface area is 182 Å². The molecule has 0 radical (unpaired) electrons. The van der Waals surface area contributed by atoms with Crippen LogP contribution in [0.15, 0.2) is 63.4 Å². The maximum Gasteiger partial charge on any atom is 0.231 e. The van der Waals surface area contributed by atoms with Gasteiger partial charge in [0.25, 0.3) is 0 Å². The van der Waals surface area contributed by atoms with Crippen molar-refractivity contribution >= 4 is 46.8 Å². The normalized spacial score (nSPS) is 13.9. The fraction of sp³-hybridized carbons (Fsp3) is 0.278. The second kappa shape index (κ2) is 9.90. The summed E-state index contributed by atoms with van der Waals surface area (Å²) in [4.78, 5) is 26.1. The summed E-state index contributed by atoms with van der Waals surface area (Å²) >= 11 is 8.16. The van der Waals surface area contributed by atoms with Crippen LogP contribution in [-0.4, -0.2) is 41.1 Å². The second-order valence-electron chi connectivity index (χ2n) is 6.21. The van der Waals surface area contributed by atoms with Crippen molar-refractivity contribution in [1.82, 2.24) is 35.2 Å². The lowest BCUT2D eigenvalue weighted by Crippen LogP contribution is -2.36. The summed E-state index contributed by atoms with van der Waals surface area (Å²) in [6, 6.07) is 5.83. The summed E-state index contributed by atoms with van der Waals surface area (Å²) in [5.74, 6) is 0.417. The van der Waals surface area contributed by atoms with Gasteiger partial charge < -0.3 is 10.6 Å². The molecule has 3 heterocycles. The first-order valence-electron chi connectivity index (χ1n) is 9.11. The minimum absolute atomic E-state index is 0.414. The highest BCUT2D eigenvalue weighted by atomic mass is 32.2. The Morgan fingerprint density at radius 3 is 1.90 bits per heavy atom. The Morgan fingerprint density at radius 1 is 0.862 bits per heavy atom. The number of thiocarbonyl (C=S) groups is 1. The van der Waals surface area contributed by atoms with Crippen LogP contribution in [0.1, 0.15) is 25.7 Å². The average molecular weight is 443 g/mol. The highest BCUT2D eigenvalue weighted by Crippen LogP contribution is 2.29. The van der Waals surface area contributed by atoms with Crippen LogP contribution in [0, 0.1) is 0 Å². The van der Waals surface area contributed by atoms with Gasteiger partial charge in [-0.05, 0) is 60.7 Å². The van der Waals surface area contributed by atoms with Crippen LogP contribution in [0.5, 0.6) is 0 Å². The van der Waals surface area contributed by atoms with Crippen LogP contribution < -0.4 is 10.6 Å². The first kappa shape index (κ1) is 19.9. The smallest absolute Gasteiger partial charge is 0.231 e. The Kier molecular flexibility index (Phi) is 6.80. The van der Waals surface area contributed by atoms with Gasteiger partial charge in [0.1, 0.15) is 10.1 Å². The summed E-state index contributed by atoms with van der Waals surface area (Å²) in [6.07, 6.45) is 11.5. The van der Waals surface area contributed by atoms with Crippen LogP contribution in [0.3, 0.4) is 0 Å². The number of nitrogens with zero attached hydrogens (tertiary/aromatic N) is 6. The zero-order valence-corrected chi connectivity index (χ0v) is 17.8. The lowest BCUT2D eigenvalue weighted by Gasteiger charge is -2.15. The van der Waals surface area contributed by atoms with E-state index in [0.29, 0.717) is 37.5 Å². The minimum Gasteiger partial charge on any atom is -0.360 e. The van der Waals surface area contributed by atoms with E-state index in [2.05, 4.69) is 40.5 Å². The van der Waals surface area contributed by atoms with Crippen LogP contribution in [0.2, 0.25) is 0 Å². The van der Waals surface area contributed by atoms with Gasteiger partial charge in [0.05, 0.1) is 0 Å². The number of anilines is 1. The molecule has 0 amide bonds. The van der Waals surface area contributed by atoms with E-state index in [1.54, 1.807) is 36.9 Å². The maximum absolute atomic E-state index is 5.45. The van der Waals surface area contributed by atoms with Crippen molar-refractivity contribution < 1.29 is 0 Å². The molecular weight excluding hydrogens is 424 g/mol. The molecule has 1 fully saturated rings. The van der Waals surface area contributed by atoms with E-state index >= 15 is 0 Å². The van der Waals surface area contributed by atoms with Crippen LogP contribution in [0.4, 0.5) is 5.95 Å². The molecule has 29 heavy (non-hydrogen) atoms. The van der Waals surface area contributed by atoms with Gasteiger partial charge in [0.15, 0.2) is 15.4 Å². The lowest BCUT2D eigenvalue weighted by molar-refractivity contribution is 0.634. The molecule has 0 bridgehead atoms. The third-order valence-electron chi connectivity index (χ3n) is 4.07. The van der Waals surface area contributed by atoms with Gasteiger partial charge in [-0.15, -0.1) is 0 Å². The summed E-state index contributed by atoms with van der Waals surface area (Å²) < 4.78 is 0. The van der Waals surface area contributed by atoms with Gasteiger partial charge >= 0.3 is 0 Å². The molecule has 0 unspecified atom stereocenters. The Bertz CT molecular complexity index is 892. The third kappa shape index (κ3) is 6.05. The largest absolute Gasteiger partial charge is 0.360 e. The number of nitrogens with one attached hydrogen (secondary N) is 2. The molecule has 8 nitrogen and oxygen atoms in total. The molecule has 0 aliphatic heterocycles. The topological polar surface area (TPSA) is 101 Å². The predicted molar refractivity (Wildman–Crippen MR) is 116 cm³/mol. The SMILES string of the molecule is S=C(Nc1nc(Sc2ncccn2)cc(Sc2ncccn2)n1)NC1CCCC1. The quantitative estimate of drug-likeness (QED) is 0.333. The molecule has 1 aliphatic rings. The van der Waals surface area contributed by atoms with E-state index in [1.165, 1.54) is 36.4 Å². The minimum atomic E-state index is 0.414. The van der Waals surface area contributed by atoms with E-state index in [4.69, 9.17) is 12.2 Å².